The summed E-state index contributed by atoms with van der Waals surface area (Å²) in [7, 11) is -0.791. The van der Waals surface area contributed by atoms with Gasteiger partial charge in [0.2, 0.25) is 21.8 Å². The Balaban J connectivity index is 1.67. The van der Waals surface area contributed by atoms with E-state index in [1.807, 2.05) is 12.1 Å². The molecule has 0 saturated carbocycles. The highest BCUT2D eigenvalue weighted by atomic mass is 32.2. The Bertz CT molecular complexity index is 979. The molecule has 0 fully saturated rings. The molecular formula is C21H26FN3O5S. The number of sulfonamides is 1. The van der Waals surface area contributed by atoms with E-state index in [0.717, 1.165) is 27.8 Å². The van der Waals surface area contributed by atoms with Crippen molar-refractivity contribution in [2.45, 2.75) is 24.3 Å². The van der Waals surface area contributed by atoms with Gasteiger partial charge < -0.3 is 15.4 Å². The van der Waals surface area contributed by atoms with Crippen molar-refractivity contribution in [3.05, 3.63) is 59.9 Å². The highest BCUT2D eigenvalue weighted by Crippen LogP contribution is 2.15. The van der Waals surface area contributed by atoms with E-state index in [-0.39, 0.29) is 42.6 Å². The average Bonchev–Trinajstić information content (AvgIpc) is 2.76. The van der Waals surface area contributed by atoms with Gasteiger partial charge in [-0.1, -0.05) is 12.1 Å². The first-order valence-corrected chi connectivity index (χ1v) is 11.0. The minimum Gasteiger partial charge on any atom is -0.497 e. The van der Waals surface area contributed by atoms with Crippen molar-refractivity contribution in [1.29, 1.82) is 0 Å². The number of halogens is 1. The lowest BCUT2D eigenvalue weighted by molar-refractivity contribution is -0.126. The highest BCUT2D eigenvalue weighted by molar-refractivity contribution is 7.89. The number of benzene rings is 2. The molecule has 0 unspecified atom stereocenters. The van der Waals surface area contributed by atoms with Gasteiger partial charge in [0.25, 0.3) is 0 Å². The van der Waals surface area contributed by atoms with Crippen LogP contribution in [0.1, 0.15) is 18.4 Å². The van der Waals surface area contributed by atoms with E-state index in [4.69, 9.17) is 4.74 Å². The molecule has 0 aliphatic rings. The lowest BCUT2D eigenvalue weighted by Crippen LogP contribution is -2.37. The van der Waals surface area contributed by atoms with Crippen LogP contribution in [-0.4, -0.2) is 51.8 Å². The molecule has 2 amide bonds. The normalized spacial score (nSPS) is 11.2. The quantitative estimate of drug-likeness (QED) is 0.541. The summed E-state index contributed by atoms with van der Waals surface area (Å²) in [5.41, 5.74) is 0.894. The largest absolute Gasteiger partial charge is 0.497 e. The van der Waals surface area contributed by atoms with Crippen LogP contribution >= 0.6 is 0 Å². The van der Waals surface area contributed by atoms with Crippen LogP contribution in [0.25, 0.3) is 0 Å². The van der Waals surface area contributed by atoms with Crippen LogP contribution in [0, 0.1) is 5.82 Å². The van der Waals surface area contributed by atoms with Crippen LogP contribution in [0.3, 0.4) is 0 Å². The lowest BCUT2D eigenvalue weighted by atomic mass is 10.2. The molecule has 2 aromatic rings. The van der Waals surface area contributed by atoms with Gasteiger partial charge in [-0.3, -0.25) is 9.59 Å². The standard InChI is InChI=1S/C21H26FN3O5S/c1-25(31(28,29)19-11-7-17(22)8-12-19)13-3-4-20(26)24-15-21(27)23-14-16-5-9-18(30-2)10-6-16/h5-12H,3-4,13-15H2,1-2H3,(H,23,27)(H,24,26). The molecule has 168 valence electrons. The van der Waals surface area contributed by atoms with Gasteiger partial charge in [0.05, 0.1) is 18.6 Å². The van der Waals surface area contributed by atoms with Crippen LogP contribution in [0.4, 0.5) is 4.39 Å². The molecule has 0 spiro atoms. The fourth-order valence-electron chi connectivity index (χ4n) is 2.64. The van der Waals surface area contributed by atoms with Crippen molar-refractivity contribution in [2.75, 3.05) is 27.2 Å². The minimum atomic E-state index is -3.75. The van der Waals surface area contributed by atoms with Gasteiger partial charge in [0.15, 0.2) is 0 Å². The van der Waals surface area contributed by atoms with Crippen molar-refractivity contribution in [2.24, 2.45) is 0 Å². The van der Waals surface area contributed by atoms with Crippen molar-refractivity contribution < 1.29 is 27.1 Å². The topological polar surface area (TPSA) is 105 Å². The summed E-state index contributed by atoms with van der Waals surface area (Å²) in [6.45, 7) is 0.264. The first kappa shape index (κ1) is 24.3. The van der Waals surface area contributed by atoms with Crippen molar-refractivity contribution in [3.8, 4) is 5.75 Å². The first-order valence-electron chi connectivity index (χ1n) is 9.60. The van der Waals surface area contributed by atoms with E-state index in [1.165, 1.54) is 19.2 Å². The van der Waals surface area contributed by atoms with Crippen LogP contribution in [0.5, 0.6) is 5.75 Å². The van der Waals surface area contributed by atoms with Gasteiger partial charge in [0, 0.05) is 26.6 Å². The number of amides is 2. The summed E-state index contributed by atoms with van der Waals surface area (Å²) >= 11 is 0. The Morgan fingerprint density at radius 1 is 1.00 bits per heavy atom. The Morgan fingerprint density at radius 2 is 1.65 bits per heavy atom. The average molecular weight is 452 g/mol. The molecule has 0 aliphatic heterocycles. The maximum Gasteiger partial charge on any atom is 0.242 e. The molecule has 0 aliphatic carbocycles. The SMILES string of the molecule is COc1ccc(CNC(=O)CNC(=O)CCCN(C)S(=O)(=O)c2ccc(F)cc2)cc1. The predicted octanol–water partition coefficient (Wildman–Crippen LogP) is 1.67. The van der Waals surface area contributed by atoms with Crippen LogP contribution in [0.2, 0.25) is 0 Å². The van der Waals surface area contributed by atoms with Crippen molar-refractivity contribution in [1.82, 2.24) is 14.9 Å². The summed E-state index contributed by atoms with van der Waals surface area (Å²) in [5, 5.41) is 5.21. The zero-order valence-electron chi connectivity index (χ0n) is 17.4. The van der Waals surface area contributed by atoms with Gasteiger partial charge in [-0.05, 0) is 48.4 Å². The van der Waals surface area contributed by atoms with Crippen molar-refractivity contribution >= 4 is 21.8 Å². The zero-order chi connectivity index (χ0) is 22.9. The molecular weight excluding hydrogens is 425 g/mol. The number of carbonyl (C=O) groups excluding carboxylic acids is 2. The summed E-state index contributed by atoms with van der Waals surface area (Å²) in [6, 6.07) is 11.8. The van der Waals surface area contributed by atoms with Gasteiger partial charge in [-0.25, -0.2) is 17.1 Å². The van der Waals surface area contributed by atoms with E-state index < -0.39 is 15.8 Å². The fraction of sp³-hybridized carbons (Fsp3) is 0.333. The number of methoxy groups -OCH3 is 1. The third-order valence-electron chi connectivity index (χ3n) is 4.49. The lowest BCUT2D eigenvalue weighted by Gasteiger charge is -2.17. The molecule has 8 nitrogen and oxygen atoms in total. The molecule has 0 bridgehead atoms. The molecule has 2 rings (SSSR count). The van der Waals surface area contributed by atoms with Gasteiger partial charge in [-0.15, -0.1) is 0 Å². The third kappa shape index (κ3) is 7.65. The predicted molar refractivity (Wildman–Crippen MR) is 113 cm³/mol. The zero-order valence-corrected chi connectivity index (χ0v) is 18.2. The molecule has 0 saturated heterocycles. The first-order chi connectivity index (χ1) is 14.7. The minimum absolute atomic E-state index is 0.0191. The van der Waals surface area contributed by atoms with Gasteiger partial charge >= 0.3 is 0 Å². The Kier molecular flexibility index (Phi) is 8.95. The number of rotatable bonds is 11. The van der Waals surface area contributed by atoms with Gasteiger partial charge in [-0.2, -0.15) is 0 Å². The maximum atomic E-state index is 13.0. The van der Waals surface area contributed by atoms with E-state index in [0.29, 0.717) is 6.54 Å². The number of hydrogen-bond donors (Lipinski definition) is 2. The monoisotopic (exact) mass is 451 g/mol. The van der Waals surface area contributed by atoms with E-state index in [1.54, 1.807) is 19.2 Å². The fourth-order valence-corrected chi connectivity index (χ4v) is 3.85. The summed E-state index contributed by atoms with van der Waals surface area (Å²) in [5.74, 6) is -0.489. The molecule has 31 heavy (non-hydrogen) atoms. The molecule has 2 aromatic carbocycles. The number of carbonyl (C=O) groups is 2. The van der Waals surface area contributed by atoms with E-state index in [2.05, 4.69) is 10.6 Å². The van der Waals surface area contributed by atoms with Crippen molar-refractivity contribution in [3.63, 3.8) is 0 Å². The van der Waals surface area contributed by atoms with Crippen LogP contribution in [-0.2, 0) is 26.2 Å². The number of nitrogens with one attached hydrogen (secondary N) is 2. The Hall–Kier alpha value is -2.98. The second-order valence-electron chi connectivity index (χ2n) is 6.79. The Labute approximate surface area is 181 Å². The second-order valence-corrected chi connectivity index (χ2v) is 8.83. The second kappa shape index (κ2) is 11.4. The highest BCUT2D eigenvalue weighted by Gasteiger charge is 2.20. The Morgan fingerprint density at radius 3 is 2.26 bits per heavy atom. The van der Waals surface area contributed by atoms with Crippen LogP contribution in [0.15, 0.2) is 53.4 Å². The summed E-state index contributed by atoms with van der Waals surface area (Å²) < 4.78 is 44.0. The van der Waals surface area contributed by atoms with E-state index in [9.17, 15) is 22.4 Å². The molecule has 0 atom stereocenters. The smallest absolute Gasteiger partial charge is 0.242 e. The summed E-state index contributed by atoms with van der Waals surface area (Å²) in [4.78, 5) is 23.8. The number of ether oxygens (including phenoxy) is 1. The van der Waals surface area contributed by atoms with Crippen LogP contribution < -0.4 is 15.4 Å². The third-order valence-corrected chi connectivity index (χ3v) is 6.36. The molecule has 0 radical (unpaired) electrons. The molecule has 10 heteroatoms. The van der Waals surface area contributed by atoms with Gasteiger partial charge in [0.1, 0.15) is 11.6 Å². The molecule has 2 N–H and O–H groups in total. The molecule has 0 aromatic heterocycles. The summed E-state index contributed by atoms with van der Waals surface area (Å²) in [6.07, 6.45) is 0.339. The number of hydrogen-bond acceptors (Lipinski definition) is 5. The van der Waals surface area contributed by atoms with E-state index >= 15 is 0 Å². The number of nitrogens with zero attached hydrogens (tertiary/aromatic N) is 1. The maximum absolute atomic E-state index is 13.0. The molecule has 0 heterocycles.